The fraction of sp³-hybridized carbons (Fsp3) is 0.500. The summed E-state index contributed by atoms with van der Waals surface area (Å²) in [6, 6.07) is 4.85. The lowest BCUT2D eigenvalue weighted by Gasteiger charge is -2.45. The van der Waals surface area contributed by atoms with Crippen LogP contribution in [0.4, 0.5) is 0 Å². The van der Waals surface area contributed by atoms with Gasteiger partial charge >= 0.3 is 0 Å². The Kier molecular flexibility index (Phi) is 4.94. The van der Waals surface area contributed by atoms with Crippen LogP contribution in [0.2, 0.25) is 0 Å². The third-order valence-corrected chi connectivity index (χ3v) is 5.32. The van der Waals surface area contributed by atoms with E-state index in [-0.39, 0.29) is 12.8 Å². The lowest BCUT2D eigenvalue weighted by Crippen LogP contribution is -2.69. The number of nitrogens with zero attached hydrogens (tertiary/aromatic N) is 1. The van der Waals surface area contributed by atoms with Crippen molar-refractivity contribution in [3.8, 4) is 0 Å². The Bertz CT molecular complexity index is 660. The van der Waals surface area contributed by atoms with Crippen molar-refractivity contribution < 1.29 is 24.7 Å². The van der Waals surface area contributed by atoms with Gasteiger partial charge in [-0.15, -0.1) is 0 Å². The maximum atomic E-state index is 12.0. The van der Waals surface area contributed by atoms with E-state index < -0.39 is 39.7 Å². The molecule has 0 unspecified atom stereocenters. The normalized spacial score (nSPS) is 33.0. The molecule has 0 aliphatic heterocycles. The van der Waals surface area contributed by atoms with Gasteiger partial charge in [0.05, 0.1) is 0 Å². The van der Waals surface area contributed by atoms with E-state index in [1.165, 1.54) is 0 Å². The highest BCUT2D eigenvalue weighted by atomic mass is 79.9. The number of benzene rings is 1. The molecule has 1 saturated carbocycles. The Morgan fingerprint density at radius 3 is 1.88 bits per heavy atom. The third-order valence-electron chi connectivity index (χ3n) is 4.79. The molecule has 0 spiro atoms. The molecule has 0 heterocycles. The zero-order valence-electron chi connectivity index (χ0n) is 13.2. The van der Waals surface area contributed by atoms with Gasteiger partial charge in [0.25, 0.3) is 6.04 Å². The second kappa shape index (κ2) is 6.34. The summed E-state index contributed by atoms with van der Waals surface area (Å²) in [7, 11) is 0. The number of halogens is 1. The topological polar surface area (TPSA) is 118 Å². The number of carbonyl (C=O) groups is 2. The average Bonchev–Trinajstić information content (AvgIpc) is 2.46. The van der Waals surface area contributed by atoms with Crippen LogP contribution >= 0.6 is 15.9 Å². The number of Topliss-reactive ketones (excluding diaryl/α,β-unsaturated/α-hetero) is 2. The number of carbonyl (C=O) groups excluding carboxylic acids is 2. The summed E-state index contributed by atoms with van der Waals surface area (Å²) in [4.78, 5) is 34.5. The molecule has 2 rings (SSSR count). The minimum absolute atomic E-state index is 0.231. The molecule has 1 aromatic rings. The Labute approximate surface area is 147 Å². The molecule has 0 bridgehead atoms. The molecule has 24 heavy (non-hydrogen) atoms. The van der Waals surface area contributed by atoms with Crippen LogP contribution in [0.3, 0.4) is 0 Å². The fourth-order valence-electron chi connectivity index (χ4n) is 3.43. The SMILES string of the molecule is CC(=O)[C@]1(O)C[C@H](c2ccc(Br)cc2)C[C@](O)(C(C)=O)[C@H]1[N+](=O)[O-]. The number of hydrogen-bond donors (Lipinski definition) is 2. The number of ketones is 2. The van der Waals surface area contributed by atoms with E-state index in [1.807, 2.05) is 0 Å². The summed E-state index contributed by atoms with van der Waals surface area (Å²) in [6.07, 6.45) is -0.462. The number of aliphatic hydroxyl groups is 2. The van der Waals surface area contributed by atoms with Gasteiger partial charge in [0.2, 0.25) is 0 Å². The minimum atomic E-state index is -2.42. The van der Waals surface area contributed by atoms with Gasteiger partial charge in [-0.1, -0.05) is 28.1 Å². The van der Waals surface area contributed by atoms with Gasteiger partial charge in [0.1, 0.15) is 0 Å². The van der Waals surface area contributed by atoms with Gasteiger partial charge < -0.3 is 10.2 Å². The quantitative estimate of drug-likeness (QED) is 0.586. The van der Waals surface area contributed by atoms with Crippen LogP contribution in [0.1, 0.15) is 38.2 Å². The van der Waals surface area contributed by atoms with Crippen LogP contribution in [0, 0.1) is 10.1 Å². The zero-order chi connectivity index (χ0) is 18.3. The summed E-state index contributed by atoms with van der Waals surface area (Å²) >= 11 is 3.29. The van der Waals surface area contributed by atoms with E-state index in [2.05, 4.69) is 15.9 Å². The smallest absolute Gasteiger partial charge is 0.283 e. The number of hydrogen-bond acceptors (Lipinski definition) is 6. The van der Waals surface area contributed by atoms with E-state index in [0.29, 0.717) is 5.56 Å². The maximum absolute atomic E-state index is 12.0. The van der Waals surface area contributed by atoms with E-state index in [1.54, 1.807) is 24.3 Å². The second-order valence-corrected chi connectivity index (χ2v) is 7.22. The first-order valence-corrected chi connectivity index (χ1v) is 8.17. The van der Waals surface area contributed by atoms with Crippen LogP contribution < -0.4 is 0 Å². The van der Waals surface area contributed by atoms with Crippen LogP contribution in [-0.4, -0.2) is 43.9 Å². The molecule has 0 amide bonds. The summed E-state index contributed by atoms with van der Waals surface area (Å²) in [5.74, 6) is -2.26. The van der Waals surface area contributed by atoms with E-state index in [0.717, 1.165) is 18.3 Å². The molecule has 8 heteroatoms. The predicted molar refractivity (Wildman–Crippen MR) is 88.2 cm³/mol. The zero-order valence-corrected chi connectivity index (χ0v) is 14.8. The predicted octanol–water partition coefficient (Wildman–Crippen LogP) is 1.61. The molecule has 0 saturated heterocycles. The fourth-order valence-corrected chi connectivity index (χ4v) is 3.70. The molecule has 4 atom stereocenters. The summed E-state index contributed by atoms with van der Waals surface area (Å²) in [5.41, 5.74) is -4.15. The van der Waals surface area contributed by atoms with Crippen LogP contribution in [0.15, 0.2) is 28.7 Å². The van der Waals surface area contributed by atoms with Gasteiger partial charge in [-0.2, -0.15) is 0 Å². The van der Waals surface area contributed by atoms with Crippen molar-refractivity contribution >= 4 is 27.5 Å². The second-order valence-electron chi connectivity index (χ2n) is 6.31. The first-order chi connectivity index (χ1) is 11.0. The standard InChI is InChI=1S/C16H18BrNO6/c1-9(19)15(21)7-12(11-3-5-13(17)6-4-11)8-16(22,10(2)20)14(15)18(23)24/h3-6,12,14,21-22H,7-8H2,1-2H3/t12-,14-,15+,16-. The highest BCUT2D eigenvalue weighted by molar-refractivity contribution is 9.10. The lowest BCUT2D eigenvalue weighted by molar-refractivity contribution is -0.564. The first kappa shape index (κ1) is 18.7. The highest BCUT2D eigenvalue weighted by Crippen LogP contribution is 2.46. The molecule has 1 aromatic carbocycles. The van der Waals surface area contributed by atoms with Gasteiger partial charge in [0.15, 0.2) is 22.8 Å². The van der Waals surface area contributed by atoms with Gasteiger partial charge in [-0.05, 0) is 50.3 Å². The molecule has 0 radical (unpaired) electrons. The van der Waals surface area contributed by atoms with Gasteiger partial charge in [0, 0.05) is 9.40 Å². The minimum Gasteiger partial charge on any atom is -0.376 e. The average molecular weight is 400 g/mol. The van der Waals surface area contributed by atoms with E-state index in [4.69, 9.17) is 0 Å². The van der Waals surface area contributed by atoms with E-state index >= 15 is 0 Å². The molecular formula is C16H18BrNO6. The Hall–Kier alpha value is -1.64. The van der Waals surface area contributed by atoms with Crippen LogP contribution in [-0.2, 0) is 9.59 Å². The molecular weight excluding hydrogens is 382 g/mol. The maximum Gasteiger partial charge on any atom is 0.283 e. The molecule has 7 nitrogen and oxygen atoms in total. The van der Waals surface area contributed by atoms with Crippen molar-refractivity contribution in [2.75, 3.05) is 0 Å². The Balaban J connectivity index is 2.58. The van der Waals surface area contributed by atoms with Crippen molar-refractivity contribution in [1.29, 1.82) is 0 Å². The van der Waals surface area contributed by atoms with Crippen molar-refractivity contribution in [3.05, 3.63) is 44.4 Å². The van der Waals surface area contributed by atoms with Crippen molar-refractivity contribution in [1.82, 2.24) is 0 Å². The molecule has 1 aliphatic carbocycles. The molecule has 130 valence electrons. The van der Waals surface area contributed by atoms with Gasteiger partial charge in [-0.25, -0.2) is 0 Å². The number of rotatable bonds is 4. The molecule has 0 aromatic heterocycles. The van der Waals surface area contributed by atoms with Crippen LogP contribution in [0.5, 0.6) is 0 Å². The first-order valence-electron chi connectivity index (χ1n) is 7.38. The van der Waals surface area contributed by atoms with Gasteiger partial charge in [-0.3, -0.25) is 19.7 Å². The summed E-state index contributed by atoms with van der Waals surface area (Å²) < 4.78 is 0.814. The number of nitro groups is 1. The highest BCUT2D eigenvalue weighted by Gasteiger charge is 2.67. The largest absolute Gasteiger partial charge is 0.376 e. The molecule has 2 N–H and O–H groups in total. The lowest BCUT2D eigenvalue weighted by atomic mass is 9.62. The summed E-state index contributed by atoms with van der Waals surface area (Å²) in [5, 5.41) is 32.9. The molecule has 1 aliphatic rings. The van der Waals surface area contributed by atoms with Crippen molar-refractivity contribution in [3.63, 3.8) is 0 Å². The van der Waals surface area contributed by atoms with E-state index in [9.17, 15) is 29.9 Å². The monoisotopic (exact) mass is 399 g/mol. The van der Waals surface area contributed by atoms with Crippen LogP contribution in [0.25, 0.3) is 0 Å². The third kappa shape index (κ3) is 3.01. The molecule has 1 fully saturated rings. The van der Waals surface area contributed by atoms with Crippen molar-refractivity contribution in [2.24, 2.45) is 0 Å². The Morgan fingerprint density at radius 2 is 1.54 bits per heavy atom. The summed E-state index contributed by atoms with van der Waals surface area (Å²) in [6.45, 7) is 2.06. The van der Waals surface area contributed by atoms with Crippen molar-refractivity contribution in [2.45, 2.75) is 49.9 Å². The Morgan fingerprint density at radius 1 is 1.12 bits per heavy atom.